The first-order valence-electron chi connectivity index (χ1n) is 10.8. The number of fused-ring (bicyclic) bond motifs is 1. The standard InChI is InChI=1S/C25H30N2O4/c1-17-9-8-10-19(15-17)16-27-22-13-7-6-11-20(22)24(30)26-21(25(27)31)12-4-3-5-14-23(29)18(2)28/h6-11,13,15,18,21,28H,3-5,12,14,16H2,1-2H3,(H,26,30)/t18-,21?/m1/s1. The SMILES string of the molecule is Cc1cccc(CN2C(=O)C(CCCCCC(=O)[C@@H](C)O)NC(=O)c3ccccc32)c1. The van der Waals surface area contributed by atoms with E-state index in [1.165, 1.54) is 6.92 Å². The van der Waals surface area contributed by atoms with E-state index in [9.17, 15) is 19.5 Å². The van der Waals surface area contributed by atoms with Crippen molar-refractivity contribution in [1.82, 2.24) is 5.32 Å². The molecule has 2 atom stereocenters. The molecular formula is C25H30N2O4. The molecule has 3 rings (SSSR count). The van der Waals surface area contributed by atoms with Gasteiger partial charge in [-0.05, 0) is 44.4 Å². The molecule has 0 aliphatic carbocycles. The molecule has 2 amide bonds. The average molecular weight is 423 g/mol. The number of aryl methyl sites for hydroxylation is 1. The van der Waals surface area contributed by atoms with Gasteiger partial charge < -0.3 is 15.3 Å². The van der Waals surface area contributed by atoms with E-state index in [1.54, 1.807) is 17.0 Å². The van der Waals surface area contributed by atoms with E-state index in [4.69, 9.17) is 0 Å². The van der Waals surface area contributed by atoms with Crippen LogP contribution in [-0.4, -0.2) is 34.8 Å². The number of para-hydroxylation sites is 1. The Morgan fingerprint density at radius 1 is 1.10 bits per heavy atom. The summed E-state index contributed by atoms with van der Waals surface area (Å²) in [5, 5.41) is 12.2. The molecule has 1 aliphatic rings. The lowest BCUT2D eigenvalue weighted by molar-refractivity contribution is -0.126. The van der Waals surface area contributed by atoms with Crippen molar-refractivity contribution in [3.05, 3.63) is 65.2 Å². The third-order valence-corrected chi connectivity index (χ3v) is 5.61. The van der Waals surface area contributed by atoms with Crippen LogP contribution in [0.4, 0.5) is 5.69 Å². The van der Waals surface area contributed by atoms with Crippen molar-refractivity contribution in [3.63, 3.8) is 0 Å². The summed E-state index contributed by atoms with van der Waals surface area (Å²) in [6, 6.07) is 14.6. The van der Waals surface area contributed by atoms with Gasteiger partial charge in [0.05, 0.1) is 17.8 Å². The number of aliphatic hydroxyl groups is 1. The first-order valence-corrected chi connectivity index (χ1v) is 10.8. The Bertz CT molecular complexity index is 954. The second-order valence-electron chi connectivity index (χ2n) is 8.20. The maximum absolute atomic E-state index is 13.4. The zero-order valence-electron chi connectivity index (χ0n) is 18.1. The van der Waals surface area contributed by atoms with Gasteiger partial charge in [0.1, 0.15) is 12.1 Å². The maximum atomic E-state index is 13.4. The second kappa shape index (κ2) is 10.4. The number of aliphatic hydroxyl groups excluding tert-OH is 1. The molecule has 0 radical (unpaired) electrons. The predicted molar refractivity (Wildman–Crippen MR) is 120 cm³/mol. The Balaban J connectivity index is 1.73. The highest BCUT2D eigenvalue weighted by atomic mass is 16.3. The minimum Gasteiger partial charge on any atom is -0.386 e. The number of hydrogen-bond acceptors (Lipinski definition) is 4. The van der Waals surface area contributed by atoms with Crippen LogP contribution in [0.25, 0.3) is 0 Å². The second-order valence-corrected chi connectivity index (χ2v) is 8.20. The Morgan fingerprint density at radius 2 is 1.87 bits per heavy atom. The largest absolute Gasteiger partial charge is 0.386 e. The molecule has 164 valence electrons. The number of rotatable bonds is 9. The van der Waals surface area contributed by atoms with E-state index in [1.807, 2.05) is 43.3 Å². The number of nitrogens with zero attached hydrogens (tertiary/aromatic N) is 1. The van der Waals surface area contributed by atoms with Gasteiger partial charge in [0.2, 0.25) is 5.91 Å². The minimum atomic E-state index is -0.934. The third kappa shape index (κ3) is 5.79. The number of benzene rings is 2. The van der Waals surface area contributed by atoms with Gasteiger partial charge in [-0.3, -0.25) is 14.4 Å². The molecular weight excluding hydrogens is 392 g/mol. The van der Waals surface area contributed by atoms with Gasteiger partial charge in [0, 0.05) is 6.42 Å². The smallest absolute Gasteiger partial charge is 0.254 e. The van der Waals surface area contributed by atoms with E-state index < -0.39 is 12.1 Å². The number of Topliss-reactive ketones (excluding diaryl/α,β-unsaturated/α-hetero) is 1. The number of amides is 2. The molecule has 2 N–H and O–H groups in total. The van der Waals surface area contributed by atoms with Crippen molar-refractivity contribution in [3.8, 4) is 0 Å². The topological polar surface area (TPSA) is 86.7 Å². The lowest BCUT2D eigenvalue weighted by Gasteiger charge is -2.25. The molecule has 0 spiro atoms. The highest BCUT2D eigenvalue weighted by Gasteiger charge is 2.33. The van der Waals surface area contributed by atoms with Crippen LogP contribution < -0.4 is 10.2 Å². The Morgan fingerprint density at radius 3 is 2.61 bits per heavy atom. The van der Waals surface area contributed by atoms with Gasteiger partial charge in [0.15, 0.2) is 5.78 Å². The molecule has 1 unspecified atom stereocenters. The van der Waals surface area contributed by atoms with Crippen molar-refractivity contribution < 1.29 is 19.5 Å². The van der Waals surface area contributed by atoms with Crippen molar-refractivity contribution in [2.75, 3.05) is 4.90 Å². The van der Waals surface area contributed by atoms with Crippen LogP contribution in [0.5, 0.6) is 0 Å². The summed E-state index contributed by atoms with van der Waals surface area (Å²) in [6.07, 6.45) is 2.02. The van der Waals surface area contributed by atoms with Crippen LogP contribution in [0, 0.1) is 6.92 Å². The fraction of sp³-hybridized carbons (Fsp3) is 0.400. The fourth-order valence-corrected chi connectivity index (χ4v) is 3.89. The van der Waals surface area contributed by atoms with E-state index >= 15 is 0 Å². The molecule has 0 aromatic heterocycles. The molecule has 0 saturated carbocycles. The quantitative estimate of drug-likeness (QED) is 0.605. The summed E-state index contributed by atoms with van der Waals surface area (Å²) in [5.41, 5.74) is 3.24. The average Bonchev–Trinajstić information content (AvgIpc) is 2.84. The summed E-state index contributed by atoms with van der Waals surface area (Å²) >= 11 is 0. The summed E-state index contributed by atoms with van der Waals surface area (Å²) in [7, 11) is 0. The number of anilines is 1. The number of carbonyl (C=O) groups is 3. The summed E-state index contributed by atoms with van der Waals surface area (Å²) in [4.78, 5) is 39.5. The summed E-state index contributed by atoms with van der Waals surface area (Å²) in [6.45, 7) is 3.88. The normalized spacial score (nSPS) is 17.0. The van der Waals surface area contributed by atoms with Gasteiger partial charge in [-0.1, -0.05) is 54.8 Å². The number of hydrogen-bond donors (Lipinski definition) is 2. The molecule has 2 aromatic rings. The van der Waals surface area contributed by atoms with Gasteiger partial charge in [-0.25, -0.2) is 0 Å². The number of ketones is 1. The number of nitrogens with one attached hydrogen (secondary N) is 1. The molecule has 0 fully saturated rings. The van der Waals surface area contributed by atoms with Crippen molar-refractivity contribution >= 4 is 23.3 Å². The molecule has 2 aromatic carbocycles. The lowest BCUT2D eigenvalue weighted by atomic mass is 10.0. The van der Waals surface area contributed by atoms with E-state index in [-0.39, 0.29) is 17.6 Å². The molecule has 0 bridgehead atoms. The Hall–Kier alpha value is -2.99. The minimum absolute atomic E-state index is 0.125. The fourth-order valence-electron chi connectivity index (χ4n) is 3.89. The molecule has 1 aliphatic heterocycles. The lowest BCUT2D eigenvalue weighted by Crippen LogP contribution is -2.45. The zero-order valence-corrected chi connectivity index (χ0v) is 18.1. The van der Waals surface area contributed by atoms with Gasteiger partial charge in [-0.15, -0.1) is 0 Å². The van der Waals surface area contributed by atoms with Crippen LogP contribution in [0.2, 0.25) is 0 Å². The Kier molecular flexibility index (Phi) is 7.58. The highest BCUT2D eigenvalue weighted by Crippen LogP contribution is 2.27. The summed E-state index contributed by atoms with van der Waals surface area (Å²) < 4.78 is 0. The van der Waals surface area contributed by atoms with Crippen LogP contribution >= 0.6 is 0 Å². The monoisotopic (exact) mass is 422 g/mol. The maximum Gasteiger partial charge on any atom is 0.254 e. The van der Waals surface area contributed by atoms with E-state index in [0.29, 0.717) is 43.5 Å². The van der Waals surface area contributed by atoms with Crippen molar-refractivity contribution in [2.45, 2.75) is 64.6 Å². The van der Waals surface area contributed by atoms with Crippen molar-refractivity contribution in [2.24, 2.45) is 0 Å². The molecule has 6 nitrogen and oxygen atoms in total. The van der Waals surface area contributed by atoms with Crippen LogP contribution in [0.1, 0.15) is 60.5 Å². The van der Waals surface area contributed by atoms with E-state index in [0.717, 1.165) is 17.5 Å². The van der Waals surface area contributed by atoms with Crippen LogP contribution in [0.15, 0.2) is 48.5 Å². The number of carbonyl (C=O) groups excluding carboxylic acids is 3. The predicted octanol–water partition coefficient (Wildman–Crippen LogP) is 3.54. The molecule has 0 saturated heterocycles. The summed E-state index contributed by atoms with van der Waals surface area (Å²) in [5.74, 6) is -0.538. The van der Waals surface area contributed by atoms with Crippen molar-refractivity contribution in [1.29, 1.82) is 0 Å². The van der Waals surface area contributed by atoms with Crippen LogP contribution in [0.3, 0.4) is 0 Å². The first-order chi connectivity index (χ1) is 14.9. The van der Waals surface area contributed by atoms with Crippen LogP contribution in [-0.2, 0) is 16.1 Å². The first kappa shape index (κ1) is 22.7. The molecule has 6 heteroatoms. The zero-order chi connectivity index (χ0) is 22.4. The van der Waals surface area contributed by atoms with Gasteiger partial charge in [-0.2, -0.15) is 0 Å². The molecule has 31 heavy (non-hydrogen) atoms. The van der Waals surface area contributed by atoms with Gasteiger partial charge >= 0.3 is 0 Å². The van der Waals surface area contributed by atoms with E-state index in [2.05, 4.69) is 5.32 Å². The number of unbranched alkanes of at least 4 members (excludes halogenated alkanes) is 2. The third-order valence-electron chi connectivity index (χ3n) is 5.61. The Labute approximate surface area is 183 Å². The van der Waals surface area contributed by atoms with Gasteiger partial charge in [0.25, 0.3) is 5.91 Å². The molecule has 1 heterocycles. The highest BCUT2D eigenvalue weighted by molar-refractivity contribution is 6.10.